The summed E-state index contributed by atoms with van der Waals surface area (Å²) in [5, 5.41) is 10.5. The quantitative estimate of drug-likeness (QED) is 0.834. The standard InChI is InChI=1S/C8H9N5O2S3/c1-4-6(12-15-11-4)9-5(14)3-17-8-10-7(16-2)13-18-8/h3H2,1-2H3,(H,9,12,14). The Morgan fingerprint density at radius 1 is 1.50 bits per heavy atom. The lowest BCUT2D eigenvalue weighted by Crippen LogP contribution is -2.14. The van der Waals surface area contributed by atoms with Gasteiger partial charge in [-0.25, -0.2) is 9.61 Å². The average molecular weight is 303 g/mol. The second-order valence-corrected chi connectivity index (χ2v) is 5.83. The van der Waals surface area contributed by atoms with Crippen LogP contribution in [0.4, 0.5) is 5.82 Å². The van der Waals surface area contributed by atoms with Crippen molar-refractivity contribution in [2.75, 3.05) is 17.3 Å². The predicted molar refractivity (Wildman–Crippen MR) is 70.1 cm³/mol. The molecule has 2 rings (SSSR count). The molecule has 7 nitrogen and oxygen atoms in total. The van der Waals surface area contributed by atoms with E-state index in [9.17, 15) is 4.79 Å². The number of rotatable bonds is 5. The van der Waals surface area contributed by atoms with E-state index in [0.29, 0.717) is 11.5 Å². The van der Waals surface area contributed by atoms with Crippen molar-refractivity contribution in [2.45, 2.75) is 16.4 Å². The van der Waals surface area contributed by atoms with Gasteiger partial charge in [0.25, 0.3) is 0 Å². The first-order chi connectivity index (χ1) is 8.69. The number of anilines is 1. The van der Waals surface area contributed by atoms with Crippen molar-refractivity contribution >= 4 is 46.8 Å². The van der Waals surface area contributed by atoms with Crippen LogP contribution < -0.4 is 5.32 Å². The third kappa shape index (κ3) is 3.43. The van der Waals surface area contributed by atoms with Crippen LogP contribution in [0.1, 0.15) is 5.69 Å². The molecular weight excluding hydrogens is 294 g/mol. The van der Waals surface area contributed by atoms with Crippen molar-refractivity contribution in [1.82, 2.24) is 19.7 Å². The summed E-state index contributed by atoms with van der Waals surface area (Å²) in [6.45, 7) is 1.70. The van der Waals surface area contributed by atoms with Crippen LogP contribution in [0.5, 0.6) is 0 Å². The molecule has 1 N–H and O–H groups in total. The van der Waals surface area contributed by atoms with E-state index in [0.717, 1.165) is 9.50 Å². The van der Waals surface area contributed by atoms with Gasteiger partial charge in [-0.3, -0.25) is 4.79 Å². The number of aryl methyl sites for hydroxylation is 1. The van der Waals surface area contributed by atoms with Crippen LogP contribution in [0.2, 0.25) is 0 Å². The lowest BCUT2D eigenvalue weighted by molar-refractivity contribution is -0.113. The summed E-state index contributed by atoms with van der Waals surface area (Å²) in [7, 11) is 0. The minimum atomic E-state index is -0.181. The third-order valence-corrected chi connectivity index (χ3v) is 4.31. The van der Waals surface area contributed by atoms with Crippen LogP contribution in [-0.2, 0) is 4.79 Å². The van der Waals surface area contributed by atoms with Gasteiger partial charge in [-0.1, -0.05) is 28.7 Å². The van der Waals surface area contributed by atoms with Gasteiger partial charge in [-0.15, -0.1) is 0 Å². The molecule has 0 atom stereocenters. The van der Waals surface area contributed by atoms with E-state index in [2.05, 4.69) is 29.6 Å². The maximum absolute atomic E-state index is 11.6. The fraction of sp³-hybridized carbons (Fsp3) is 0.375. The SMILES string of the molecule is CSc1nsc(SCC(=O)Nc2nonc2C)n1. The lowest BCUT2D eigenvalue weighted by atomic mass is 10.5. The first-order valence-electron chi connectivity index (χ1n) is 4.78. The highest BCUT2D eigenvalue weighted by Gasteiger charge is 2.11. The molecule has 0 aliphatic heterocycles. The van der Waals surface area contributed by atoms with Crippen LogP contribution in [0.15, 0.2) is 14.1 Å². The summed E-state index contributed by atoms with van der Waals surface area (Å²) < 4.78 is 9.36. The van der Waals surface area contributed by atoms with Gasteiger partial charge in [0.15, 0.2) is 10.2 Å². The molecule has 1 amide bonds. The highest BCUT2D eigenvalue weighted by molar-refractivity contribution is 8.01. The number of aromatic nitrogens is 4. The van der Waals surface area contributed by atoms with Gasteiger partial charge in [0.2, 0.25) is 11.1 Å². The van der Waals surface area contributed by atoms with Gasteiger partial charge in [-0.2, -0.15) is 4.37 Å². The van der Waals surface area contributed by atoms with Crippen LogP contribution in [0, 0.1) is 6.92 Å². The van der Waals surface area contributed by atoms with E-state index in [1.54, 1.807) is 6.92 Å². The second kappa shape index (κ2) is 6.16. The van der Waals surface area contributed by atoms with Crippen LogP contribution in [-0.4, -0.2) is 37.6 Å². The molecule has 0 saturated carbocycles. The van der Waals surface area contributed by atoms with Crippen molar-refractivity contribution in [2.24, 2.45) is 0 Å². The highest BCUT2D eigenvalue weighted by atomic mass is 32.2. The van der Waals surface area contributed by atoms with E-state index in [1.165, 1.54) is 35.1 Å². The van der Waals surface area contributed by atoms with Crippen LogP contribution >= 0.6 is 35.1 Å². The monoisotopic (exact) mass is 303 g/mol. The maximum Gasteiger partial charge on any atom is 0.236 e. The number of nitrogens with one attached hydrogen (secondary N) is 1. The number of carbonyl (C=O) groups excluding carboxylic acids is 1. The number of nitrogens with zero attached hydrogens (tertiary/aromatic N) is 4. The Hall–Kier alpha value is -1.13. The van der Waals surface area contributed by atoms with E-state index < -0.39 is 0 Å². The van der Waals surface area contributed by atoms with Crippen LogP contribution in [0.3, 0.4) is 0 Å². The Labute approximate surface area is 115 Å². The Balaban J connectivity index is 1.83. The fourth-order valence-corrected chi connectivity index (χ4v) is 2.99. The lowest BCUT2D eigenvalue weighted by Gasteiger charge is -1.99. The van der Waals surface area contributed by atoms with E-state index in [1.807, 2.05) is 6.26 Å². The van der Waals surface area contributed by atoms with E-state index >= 15 is 0 Å². The Morgan fingerprint density at radius 2 is 2.33 bits per heavy atom. The van der Waals surface area contributed by atoms with Crippen molar-refractivity contribution < 1.29 is 9.42 Å². The Bertz CT molecular complexity index is 540. The Kier molecular flexibility index (Phi) is 4.55. The van der Waals surface area contributed by atoms with Gasteiger partial charge in [0, 0.05) is 0 Å². The van der Waals surface area contributed by atoms with Gasteiger partial charge < -0.3 is 5.32 Å². The van der Waals surface area contributed by atoms with Crippen molar-refractivity contribution in [3.8, 4) is 0 Å². The molecule has 0 aliphatic rings. The number of hydrogen-bond donors (Lipinski definition) is 1. The first-order valence-corrected chi connectivity index (χ1v) is 7.77. The zero-order valence-corrected chi connectivity index (χ0v) is 12.0. The summed E-state index contributed by atoms with van der Waals surface area (Å²) in [5.41, 5.74) is 0.550. The molecular formula is C8H9N5O2S3. The maximum atomic E-state index is 11.6. The summed E-state index contributed by atoms with van der Waals surface area (Å²) in [6, 6.07) is 0. The average Bonchev–Trinajstić information content (AvgIpc) is 2.97. The molecule has 10 heteroatoms. The van der Waals surface area contributed by atoms with Crippen molar-refractivity contribution in [1.29, 1.82) is 0 Å². The molecule has 0 radical (unpaired) electrons. The molecule has 2 heterocycles. The zero-order valence-electron chi connectivity index (χ0n) is 9.54. The minimum absolute atomic E-state index is 0.181. The molecule has 2 aromatic rings. The topological polar surface area (TPSA) is 93.8 Å². The number of hydrogen-bond acceptors (Lipinski definition) is 9. The number of amides is 1. The van der Waals surface area contributed by atoms with Gasteiger partial charge in [-0.05, 0) is 29.9 Å². The fourth-order valence-electron chi connectivity index (χ4n) is 0.979. The molecule has 0 bridgehead atoms. The molecule has 18 heavy (non-hydrogen) atoms. The molecule has 0 unspecified atom stereocenters. The number of thioether (sulfide) groups is 2. The van der Waals surface area contributed by atoms with Crippen molar-refractivity contribution in [3.05, 3.63) is 5.69 Å². The molecule has 0 fully saturated rings. The normalized spacial score (nSPS) is 10.6. The molecule has 96 valence electrons. The molecule has 0 aliphatic carbocycles. The molecule has 0 spiro atoms. The largest absolute Gasteiger partial charge is 0.306 e. The van der Waals surface area contributed by atoms with E-state index in [-0.39, 0.29) is 11.7 Å². The summed E-state index contributed by atoms with van der Waals surface area (Å²) in [5.74, 6) is 0.414. The van der Waals surface area contributed by atoms with Gasteiger partial charge >= 0.3 is 0 Å². The zero-order chi connectivity index (χ0) is 13.0. The Morgan fingerprint density at radius 3 is 2.94 bits per heavy atom. The predicted octanol–water partition coefficient (Wildman–Crippen LogP) is 1.68. The van der Waals surface area contributed by atoms with Gasteiger partial charge in [0.05, 0.1) is 5.75 Å². The second-order valence-electron chi connectivity index (χ2n) is 3.08. The highest BCUT2D eigenvalue weighted by Crippen LogP contribution is 2.23. The smallest absolute Gasteiger partial charge is 0.236 e. The van der Waals surface area contributed by atoms with Gasteiger partial charge in [0.1, 0.15) is 5.69 Å². The van der Waals surface area contributed by atoms with Crippen LogP contribution in [0.25, 0.3) is 0 Å². The summed E-state index contributed by atoms with van der Waals surface area (Å²) in [4.78, 5) is 15.8. The summed E-state index contributed by atoms with van der Waals surface area (Å²) in [6.07, 6.45) is 1.91. The van der Waals surface area contributed by atoms with E-state index in [4.69, 9.17) is 0 Å². The third-order valence-electron chi connectivity index (χ3n) is 1.81. The molecule has 0 saturated heterocycles. The molecule has 2 aromatic heterocycles. The minimum Gasteiger partial charge on any atom is -0.306 e. The summed E-state index contributed by atoms with van der Waals surface area (Å²) >= 11 is 4.09. The first kappa shape index (κ1) is 13.3. The number of carbonyl (C=O) groups is 1. The molecule has 0 aromatic carbocycles. The van der Waals surface area contributed by atoms with Crippen molar-refractivity contribution in [3.63, 3.8) is 0 Å².